The summed E-state index contributed by atoms with van der Waals surface area (Å²) in [5.74, 6) is 2.79. The number of imidazole rings is 1. The van der Waals surface area contributed by atoms with Gasteiger partial charge in [-0.2, -0.15) is 0 Å². The molecule has 232 valence electrons. The quantitative estimate of drug-likeness (QED) is 0.312. The Labute approximate surface area is 257 Å². The number of hydrogen-bond acceptors (Lipinski definition) is 6. The molecule has 0 radical (unpaired) electrons. The number of likely N-dealkylation sites (tertiary alicyclic amines) is 2. The Morgan fingerprint density at radius 1 is 1.00 bits per heavy atom. The fraction of sp³-hybridized carbons (Fsp3) is 0.500. The Bertz CT molecular complexity index is 1730. The summed E-state index contributed by atoms with van der Waals surface area (Å²) in [5, 5.41) is 1.18. The van der Waals surface area contributed by atoms with E-state index in [4.69, 9.17) is 20.2 Å². The lowest BCUT2D eigenvalue weighted by Gasteiger charge is -2.40. The first-order valence-electron chi connectivity index (χ1n) is 15.8. The van der Waals surface area contributed by atoms with Crippen molar-refractivity contribution in [3.63, 3.8) is 0 Å². The van der Waals surface area contributed by atoms with Crippen LogP contribution in [-0.4, -0.2) is 89.3 Å². The van der Waals surface area contributed by atoms with Crippen LogP contribution in [0, 0.1) is 11.8 Å². The second-order valence-electron chi connectivity index (χ2n) is 12.8. The van der Waals surface area contributed by atoms with Crippen molar-refractivity contribution < 1.29 is 19.1 Å². The van der Waals surface area contributed by atoms with Gasteiger partial charge in [-0.1, -0.05) is 18.2 Å². The highest BCUT2D eigenvalue weighted by atomic mass is 16.5. The topological polar surface area (TPSA) is 108 Å². The molecule has 10 heteroatoms. The molecule has 0 bridgehead atoms. The van der Waals surface area contributed by atoms with Crippen molar-refractivity contribution in [3.8, 4) is 17.3 Å². The van der Waals surface area contributed by atoms with Crippen molar-refractivity contribution in [3.05, 3.63) is 47.5 Å². The normalized spacial score (nSPS) is 19.1. The summed E-state index contributed by atoms with van der Waals surface area (Å²) < 4.78 is 15.5. The maximum absolute atomic E-state index is 13.6. The first-order chi connectivity index (χ1) is 21.4. The van der Waals surface area contributed by atoms with Crippen molar-refractivity contribution in [2.24, 2.45) is 24.6 Å². The Morgan fingerprint density at radius 2 is 1.82 bits per heavy atom. The molecule has 3 fully saturated rings. The van der Waals surface area contributed by atoms with Crippen molar-refractivity contribution in [1.82, 2.24) is 23.9 Å². The number of rotatable bonds is 9. The lowest BCUT2D eigenvalue weighted by Crippen LogP contribution is -2.49. The summed E-state index contributed by atoms with van der Waals surface area (Å²) in [7, 11) is 5.23. The third kappa shape index (κ3) is 5.03. The third-order valence-corrected chi connectivity index (χ3v) is 9.80. The van der Waals surface area contributed by atoms with Crippen LogP contribution < -0.4 is 10.5 Å². The highest BCUT2D eigenvalue weighted by molar-refractivity contribution is 6.00. The SMILES string of the molecule is COCC(=O)N1CC(c2cccc3cc(-c4nc5cc(C(=O)N6CCC[C@@H](CN)C6)cc(OC)c5n4C)n(CC4CC4)c23)C1. The van der Waals surface area contributed by atoms with E-state index >= 15 is 0 Å². The summed E-state index contributed by atoms with van der Waals surface area (Å²) >= 11 is 0. The molecule has 2 aliphatic heterocycles. The van der Waals surface area contributed by atoms with E-state index in [1.807, 2.05) is 29.0 Å². The van der Waals surface area contributed by atoms with Crippen LogP contribution in [0.5, 0.6) is 5.75 Å². The molecule has 2 amide bonds. The van der Waals surface area contributed by atoms with Gasteiger partial charge in [0.2, 0.25) is 5.91 Å². The van der Waals surface area contributed by atoms with Crippen molar-refractivity contribution in [2.75, 3.05) is 53.6 Å². The summed E-state index contributed by atoms with van der Waals surface area (Å²) in [6, 6.07) is 12.5. The van der Waals surface area contributed by atoms with Crippen LogP contribution in [0.15, 0.2) is 36.4 Å². The number of methoxy groups -OCH3 is 2. The van der Waals surface area contributed by atoms with E-state index in [1.165, 1.54) is 29.3 Å². The summed E-state index contributed by atoms with van der Waals surface area (Å²) in [6.07, 6.45) is 4.49. The fourth-order valence-corrected chi connectivity index (χ4v) is 7.15. The zero-order valence-electron chi connectivity index (χ0n) is 25.9. The number of amides is 2. The highest BCUT2D eigenvalue weighted by Crippen LogP contribution is 2.41. The smallest absolute Gasteiger partial charge is 0.254 e. The van der Waals surface area contributed by atoms with E-state index < -0.39 is 0 Å². The maximum atomic E-state index is 13.6. The standard InChI is InChI=1S/C34H42N6O4/c1-37-32-27(12-24(14-29(32)44-3)34(42)38-11-5-6-22(15-35)16-38)36-33(37)28-13-23-7-4-8-26(31(23)40(28)17-21-9-10-21)25-18-39(19-25)30(41)20-43-2/h4,7-8,12-14,21-22,25H,5-6,9-11,15-20,35H2,1-3H3/t22-/m0/s1. The number of para-hydroxylation sites is 1. The van der Waals surface area contributed by atoms with E-state index in [-0.39, 0.29) is 24.3 Å². The van der Waals surface area contributed by atoms with Crippen LogP contribution >= 0.6 is 0 Å². The van der Waals surface area contributed by atoms with Gasteiger partial charge < -0.3 is 34.1 Å². The van der Waals surface area contributed by atoms with Gasteiger partial charge in [-0.05, 0) is 67.8 Å². The molecule has 2 aromatic carbocycles. The molecule has 3 aliphatic rings. The molecule has 1 saturated carbocycles. The average Bonchev–Trinajstić information content (AvgIpc) is 3.68. The largest absolute Gasteiger partial charge is 0.494 e. The number of carbonyl (C=O) groups is 2. The van der Waals surface area contributed by atoms with Crippen LogP contribution in [0.1, 0.15) is 47.5 Å². The van der Waals surface area contributed by atoms with E-state index in [0.717, 1.165) is 48.5 Å². The number of carbonyl (C=O) groups excluding carboxylic acids is 2. The summed E-state index contributed by atoms with van der Waals surface area (Å²) in [6.45, 7) is 4.48. The van der Waals surface area contributed by atoms with Crippen molar-refractivity contribution >= 4 is 33.8 Å². The van der Waals surface area contributed by atoms with Gasteiger partial charge in [0.1, 0.15) is 17.9 Å². The molecule has 0 unspecified atom stereocenters. The minimum Gasteiger partial charge on any atom is -0.494 e. The van der Waals surface area contributed by atoms with Crippen LogP contribution in [-0.2, 0) is 23.1 Å². The number of ether oxygens (including phenoxy) is 2. The van der Waals surface area contributed by atoms with Gasteiger partial charge in [-0.25, -0.2) is 4.98 Å². The number of nitrogens with two attached hydrogens (primary N) is 1. The van der Waals surface area contributed by atoms with Crippen molar-refractivity contribution in [1.29, 1.82) is 0 Å². The Morgan fingerprint density at radius 3 is 2.55 bits per heavy atom. The molecule has 4 heterocycles. The molecular formula is C34H42N6O4. The molecule has 1 aliphatic carbocycles. The van der Waals surface area contributed by atoms with Gasteiger partial charge in [-0.3, -0.25) is 9.59 Å². The number of nitrogens with zero attached hydrogens (tertiary/aromatic N) is 5. The second-order valence-corrected chi connectivity index (χ2v) is 12.8. The van der Waals surface area contributed by atoms with E-state index in [9.17, 15) is 9.59 Å². The monoisotopic (exact) mass is 598 g/mol. The Balaban J connectivity index is 1.29. The van der Waals surface area contributed by atoms with E-state index in [0.29, 0.717) is 49.3 Å². The molecule has 4 aromatic rings. The first kappa shape index (κ1) is 28.9. The number of piperidine rings is 1. The van der Waals surface area contributed by atoms with Crippen LogP contribution in [0.2, 0.25) is 0 Å². The molecule has 2 saturated heterocycles. The van der Waals surface area contributed by atoms with E-state index in [1.54, 1.807) is 14.2 Å². The Kier molecular flexibility index (Phi) is 7.58. The third-order valence-electron chi connectivity index (χ3n) is 9.80. The molecule has 10 nitrogen and oxygen atoms in total. The van der Waals surface area contributed by atoms with Gasteiger partial charge in [0.05, 0.1) is 23.8 Å². The summed E-state index contributed by atoms with van der Waals surface area (Å²) in [5.41, 5.74) is 11.7. The lowest BCUT2D eigenvalue weighted by molar-refractivity contribution is -0.139. The average molecular weight is 599 g/mol. The molecule has 1 atom stereocenters. The number of hydrogen-bond donors (Lipinski definition) is 1. The minimum absolute atomic E-state index is 0.00145. The molecule has 44 heavy (non-hydrogen) atoms. The molecular weight excluding hydrogens is 556 g/mol. The van der Waals surface area contributed by atoms with Crippen LogP contribution in [0.4, 0.5) is 0 Å². The van der Waals surface area contributed by atoms with Crippen LogP contribution in [0.3, 0.4) is 0 Å². The molecule has 2 N–H and O–H groups in total. The van der Waals surface area contributed by atoms with Gasteiger partial charge >= 0.3 is 0 Å². The molecule has 7 rings (SSSR count). The van der Waals surface area contributed by atoms with Gasteiger partial charge in [0, 0.05) is 63.7 Å². The van der Waals surface area contributed by atoms with Gasteiger partial charge in [0.15, 0.2) is 5.82 Å². The predicted molar refractivity (Wildman–Crippen MR) is 170 cm³/mol. The van der Waals surface area contributed by atoms with Crippen LogP contribution in [0.25, 0.3) is 33.5 Å². The highest BCUT2D eigenvalue weighted by Gasteiger charge is 2.35. The molecule has 2 aromatic heterocycles. The van der Waals surface area contributed by atoms with Gasteiger partial charge in [0.25, 0.3) is 5.91 Å². The summed E-state index contributed by atoms with van der Waals surface area (Å²) in [4.78, 5) is 35.0. The second kappa shape index (κ2) is 11.6. The lowest BCUT2D eigenvalue weighted by atomic mass is 9.90. The Hall–Kier alpha value is -3.89. The number of benzene rings is 2. The zero-order chi connectivity index (χ0) is 30.5. The maximum Gasteiger partial charge on any atom is 0.254 e. The number of fused-ring (bicyclic) bond motifs is 2. The van der Waals surface area contributed by atoms with E-state index in [2.05, 4.69) is 33.4 Å². The minimum atomic E-state index is 0.00145. The van der Waals surface area contributed by atoms with Gasteiger partial charge in [-0.15, -0.1) is 0 Å². The zero-order valence-corrected chi connectivity index (χ0v) is 25.9. The number of aromatic nitrogens is 3. The fourth-order valence-electron chi connectivity index (χ4n) is 7.15. The van der Waals surface area contributed by atoms with Crippen molar-refractivity contribution in [2.45, 2.75) is 38.1 Å². The first-order valence-corrected chi connectivity index (χ1v) is 15.8. The predicted octanol–water partition coefficient (Wildman–Crippen LogP) is 4.00. The molecule has 0 spiro atoms. The number of aryl methyl sites for hydroxylation is 1.